The fourth-order valence-corrected chi connectivity index (χ4v) is 3.18. The van der Waals surface area contributed by atoms with Crippen LogP contribution in [0.5, 0.6) is 11.5 Å². The molecule has 0 radical (unpaired) electrons. The highest BCUT2D eigenvalue weighted by molar-refractivity contribution is 5.94. The lowest BCUT2D eigenvalue weighted by Gasteiger charge is -2.02. The predicted octanol–water partition coefficient (Wildman–Crippen LogP) is 4.79. The van der Waals surface area contributed by atoms with E-state index >= 15 is 0 Å². The minimum Gasteiger partial charge on any atom is -0.508 e. The molecule has 4 aromatic rings. The highest BCUT2D eigenvalue weighted by atomic mass is 16.5. The molecule has 3 N–H and O–H groups in total. The van der Waals surface area contributed by atoms with E-state index in [9.17, 15) is 15.0 Å². The number of hydrogen-bond donors (Lipinski definition) is 3. The first-order valence-corrected chi connectivity index (χ1v) is 9.31. The van der Waals surface area contributed by atoms with Gasteiger partial charge in [-0.15, -0.1) is 0 Å². The lowest BCUT2D eigenvalue weighted by atomic mass is 10.1. The van der Waals surface area contributed by atoms with Crippen LogP contribution in [0.1, 0.15) is 38.6 Å². The van der Waals surface area contributed by atoms with Gasteiger partial charge in [0.2, 0.25) is 5.76 Å². The zero-order chi connectivity index (χ0) is 22.2. The fraction of sp³-hybridized carbons (Fsp3) is 0.261. The van der Waals surface area contributed by atoms with E-state index in [4.69, 9.17) is 13.9 Å². The van der Waals surface area contributed by atoms with Gasteiger partial charge in [0, 0.05) is 10.8 Å². The number of methoxy groups -OCH3 is 1. The maximum absolute atomic E-state index is 11.3. The maximum atomic E-state index is 11.3. The molecule has 0 bridgehead atoms. The van der Waals surface area contributed by atoms with E-state index in [2.05, 4.69) is 4.74 Å². The SMILES string of the molecule is COC(=O)c1cc2cc(O)c(C)c(C)c2o1.Cc1c(O)cc2cc(CO)oc2c1C. The molecule has 0 saturated carbocycles. The summed E-state index contributed by atoms with van der Waals surface area (Å²) < 4.78 is 15.4. The average molecular weight is 412 g/mol. The number of aromatic hydroxyl groups is 2. The van der Waals surface area contributed by atoms with Crippen molar-refractivity contribution in [1.29, 1.82) is 0 Å². The number of hydrogen-bond acceptors (Lipinski definition) is 7. The number of esters is 1. The first kappa shape index (κ1) is 21.3. The van der Waals surface area contributed by atoms with Crippen LogP contribution in [-0.4, -0.2) is 28.4 Å². The smallest absolute Gasteiger partial charge is 0.373 e. The second kappa shape index (κ2) is 8.12. The highest BCUT2D eigenvalue weighted by Crippen LogP contribution is 2.32. The molecule has 30 heavy (non-hydrogen) atoms. The molecular weight excluding hydrogens is 388 g/mol. The summed E-state index contributed by atoms with van der Waals surface area (Å²) in [6.45, 7) is 7.24. The van der Waals surface area contributed by atoms with Crippen molar-refractivity contribution in [3.8, 4) is 11.5 Å². The van der Waals surface area contributed by atoms with Gasteiger partial charge in [-0.05, 0) is 74.2 Å². The highest BCUT2D eigenvalue weighted by Gasteiger charge is 2.16. The van der Waals surface area contributed by atoms with Crippen LogP contribution in [0.4, 0.5) is 0 Å². The summed E-state index contributed by atoms with van der Waals surface area (Å²) in [6, 6.07) is 6.53. The van der Waals surface area contributed by atoms with Crippen molar-refractivity contribution in [2.45, 2.75) is 34.3 Å². The molecule has 4 rings (SSSR count). The molecule has 0 aliphatic rings. The topological polar surface area (TPSA) is 113 Å². The van der Waals surface area contributed by atoms with Crippen LogP contribution in [0.3, 0.4) is 0 Å². The van der Waals surface area contributed by atoms with Crippen molar-refractivity contribution in [3.05, 3.63) is 58.0 Å². The number of phenolic OH excluding ortho intramolecular Hbond substituents is 2. The van der Waals surface area contributed by atoms with Crippen LogP contribution >= 0.6 is 0 Å². The Hall–Kier alpha value is -3.45. The quantitative estimate of drug-likeness (QED) is 0.406. The molecule has 2 aromatic carbocycles. The van der Waals surface area contributed by atoms with Gasteiger partial charge in [-0.2, -0.15) is 0 Å². The monoisotopic (exact) mass is 412 g/mol. The van der Waals surface area contributed by atoms with Crippen molar-refractivity contribution in [2.75, 3.05) is 7.11 Å². The zero-order valence-electron chi connectivity index (χ0n) is 17.5. The molecular formula is C23H24O7. The summed E-state index contributed by atoms with van der Waals surface area (Å²) in [6.07, 6.45) is 0. The number of carbonyl (C=O) groups excluding carboxylic acids is 1. The predicted molar refractivity (Wildman–Crippen MR) is 112 cm³/mol. The second-order valence-electron chi connectivity index (χ2n) is 7.10. The Morgan fingerprint density at radius 2 is 1.33 bits per heavy atom. The van der Waals surface area contributed by atoms with Gasteiger partial charge >= 0.3 is 5.97 Å². The zero-order valence-corrected chi connectivity index (χ0v) is 17.5. The van der Waals surface area contributed by atoms with Crippen LogP contribution in [0, 0.1) is 27.7 Å². The van der Waals surface area contributed by atoms with Gasteiger partial charge in [0.25, 0.3) is 0 Å². The van der Waals surface area contributed by atoms with E-state index in [0.29, 0.717) is 16.7 Å². The third-order valence-electron chi connectivity index (χ3n) is 5.27. The fourth-order valence-electron chi connectivity index (χ4n) is 3.18. The summed E-state index contributed by atoms with van der Waals surface area (Å²) in [5.41, 5.74) is 4.65. The third kappa shape index (κ3) is 3.71. The van der Waals surface area contributed by atoms with Crippen molar-refractivity contribution >= 4 is 27.9 Å². The first-order valence-electron chi connectivity index (χ1n) is 9.31. The normalized spacial score (nSPS) is 10.9. The Balaban J connectivity index is 0.000000172. The molecule has 0 unspecified atom stereocenters. The Morgan fingerprint density at radius 1 is 0.833 bits per heavy atom. The van der Waals surface area contributed by atoms with Crippen LogP contribution in [0.2, 0.25) is 0 Å². The lowest BCUT2D eigenvalue weighted by Crippen LogP contribution is -1.97. The summed E-state index contributed by atoms with van der Waals surface area (Å²) in [5.74, 6) is 0.606. The van der Waals surface area contributed by atoms with E-state index in [1.54, 1.807) is 31.2 Å². The van der Waals surface area contributed by atoms with E-state index in [1.165, 1.54) is 7.11 Å². The van der Waals surface area contributed by atoms with Gasteiger partial charge in [0.15, 0.2) is 0 Å². The van der Waals surface area contributed by atoms with Crippen LogP contribution in [-0.2, 0) is 11.3 Å². The molecule has 0 spiro atoms. The van der Waals surface area contributed by atoms with Crippen molar-refractivity contribution < 1.29 is 33.7 Å². The molecule has 2 aromatic heterocycles. The molecule has 2 heterocycles. The molecule has 0 saturated heterocycles. The average Bonchev–Trinajstić information content (AvgIpc) is 3.34. The number of benzene rings is 2. The van der Waals surface area contributed by atoms with Crippen molar-refractivity contribution in [1.82, 2.24) is 0 Å². The third-order valence-corrected chi connectivity index (χ3v) is 5.27. The van der Waals surface area contributed by atoms with E-state index in [0.717, 1.165) is 33.2 Å². The second-order valence-corrected chi connectivity index (χ2v) is 7.10. The molecule has 0 aliphatic carbocycles. The Labute approximate surface area is 173 Å². The lowest BCUT2D eigenvalue weighted by molar-refractivity contribution is 0.0567. The Morgan fingerprint density at radius 3 is 1.83 bits per heavy atom. The van der Waals surface area contributed by atoms with Gasteiger partial charge in [-0.1, -0.05) is 0 Å². The Bertz CT molecular complexity index is 1240. The number of furan rings is 2. The molecule has 0 aliphatic heterocycles. The number of phenols is 2. The van der Waals surface area contributed by atoms with Gasteiger partial charge in [-0.25, -0.2) is 4.79 Å². The number of carbonyl (C=O) groups is 1. The molecule has 0 fully saturated rings. The largest absolute Gasteiger partial charge is 0.508 e. The van der Waals surface area contributed by atoms with Gasteiger partial charge in [-0.3, -0.25) is 0 Å². The molecule has 158 valence electrons. The standard InChI is InChI=1S/C12H12O4.C11H12O3/c1-6-7(2)11-8(4-9(6)13)5-10(16-11)12(14)15-3;1-6-7(2)11-8(4-10(6)13)3-9(5-12)14-11/h4-5,13H,1-3H3;3-4,12-13H,5H2,1-2H3. The molecule has 0 atom stereocenters. The summed E-state index contributed by atoms with van der Waals surface area (Å²) in [7, 11) is 1.30. The number of ether oxygens (including phenoxy) is 1. The van der Waals surface area contributed by atoms with E-state index < -0.39 is 5.97 Å². The summed E-state index contributed by atoms with van der Waals surface area (Å²) in [5, 5.41) is 29.7. The first-order chi connectivity index (χ1) is 14.2. The van der Waals surface area contributed by atoms with E-state index in [1.807, 2.05) is 20.8 Å². The van der Waals surface area contributed by atoms with Crippen molar-refractivity contribution in [2.24, 2.45) is 0 Å². The van der Waals surface area contributed by atoms with Crippen LogP contribution in [0.25, 0.3) is 21.9 Å². The van der Waals surface area contributed by atoms with Crippen LogP contribution < -0.4 is 0 Å². The Kier molecular flexibility index (Phi) is 5.75. The molecule has 7 heteroatoms. The van der Waals surface area contributed by atoms with E-state index in [-0.39, 0.29) is 23.9 Å². The maximum Gasteiger partial charge on any atom is 0.373 e. The summed E-state index contributed by atoms with van der Waals surface area (Å²) >= 11 is 0. The van der Waals surface area contributed by atoms with Crippen LogP contribution in [0.15, 0.2) is 33.1 Å². The number of rotatable bonds is 2. The van der Waals surface area contributed by atoms with Gasteiger partial charge in [0.1, 0.15) is 35.0 Å². The van der Waals surface area contributed by atoms with Gasteiger partial charge < -0.3 is 28.9 Å². The summed E-state index contributed by atoms with van der Waals surface area (Å²) in [4.78, 5) is 11.3. The van der Waals surface area contributed by atoms with Gasteiger partial charge in [0.05, 0.1) is 7.11 Å². The minimum absolute atomic E-state index is 0.117. The number of aliphatic hydroxyl groups is 1. The van der Waals surface area contributed by atoms with Crippen molar-refractivity contribution in [3.63, 3.8) is 0 Å². The number of aryl methyl sites for hydroxylation is 2. The molecule has 7 nitrogen and oxygen atoms in total. The number of aliphatic hydroxyl groups excluding tert-OH is 1. The number of fused-ring (bicyclic) bond motifs is 2. The molecule has 0 amide bonds. The minimum atomic E-state index is -0.521.